The average Bonchev–Trinajstić information content (AvgIpc) is 2.60. The summed E-state index contributed by atoms with van der Waals surface area (Å²) in [6.07, 6.45) is 4.38. The van der Waals surface area contributed by atoms with Gasteiger partial charge in [-0.15, -0.1) is 0 Å². The third kappa shape index (κ3) is 0.663. The highest BCUT2D eigenvalue weighted by Crippen LogP contribution is 2.35. The summed E-state index contributed by atoms with van der Waals surface area (Å²) in [5.74, 6) is 0. The molecule has 10 heavy (non-hydrogen) atoms. The molecule has 3 aliphatic rings. The van der Waals surface area contributed by atoms with Crippen molar-refractivity contribution in [1.82, 2.24) is 10.2 Å². The van der Waals surface area contributed by atoms with E-state index < -0.39 is 0 Å². The van der Waals surface area contributed by atoms with Crippen molar-refractivity contribution < 1.29 is 0 Å². The van der Waals surface area contributed by atoms with Crippen LogP contribution in [0, 0.1) is 0 Å². The number of piperazine rings is 1. The minimum Gasteiger partial charge on any atom is -0.311 e. The summed E-state index contributed by atoms with van der Waals surface area (Å²) in [6, 6.07) is 2.76. The summed E-state index contributed by atoms with van der Waals surface area (Å²) in [7, 11) is 0. The van der Waals surface area contributed by atoms with E-state index in [1.807, 2.05) is 0 Å². The molecule has 0 radical (unpaired) electrons. The zero-order chi connectivity index (χ0) is 6.55. The first-order valence-electron chi connectivity index (χ1n) is 4.42. The van der Waals surface area contributed by atoms with Gasteiger partial charge in [-0.25, -0.2) is 0 Å². The first-order chi connectivity index (χ1) is 4.93. The summed E-state index contributed by atoms with van der Waals surface area (Å²) in [6.45, 7) is 2.61. The highest BCUT2D eigenvalue weighted by atomic mass is 15.3. The maximum Gasteiger partial charge on any atom is 0.0239 e. The van der Waals surface area contributed by atoms with Gasteiger partial charge in [0.2, 0.25) is 0 Å². The highest BCUT2D eigenvalue weighted by Gasteiger charge is 2.43. The van der Waals surface area contributed by atoms with Crippen molar-refractivity contribution in [3.05, 3.63) is 0 Å². The highest BCUT2D eigenvalue weighted by molar-refractivity contribution is 5.02. The zero-order valence-corrected chi connectivity index (χ0v) is 6.21. The predicted octanol–water partition coefficient (Wildman–Crippen LogP) is 0.195. The van der Waals surface area contributed by atoms with E-state index in [0.29, 0.717) is 0 Å². The maximum absolute atomic E-state index is 3.53. The van der Waals surface area contributed by atoms with Gasteiger partial charge >= 0.3 is 0 Å². The van der Waals surface area contributed by atoms with Gasteiger partial charge in [0.15, 0.2) is 0 Å². The molecule has 0 aromatic rings. The van der Waals surface area contributed by atoms with Crippen LogP contribution < -0.4 is 5.32 Å². The van der Waals surface area contributed by atoms with Gasteiger partial charge in [0.05, 0.1) is 0 Å². The van der Waals surface area contributed by atoms with E-state index in [4.69, 9.17) is 0 Å². The fourth-order valence-electron chi connectivity index (χ4n) is 2.45. The van der Waals surface area contributed by atoms with E-state index in [-0.39, 0.29) is 0 Å². The number of hydrogen-bond acceptors (Lipinski definition) is 2. The Bertz CT molecular complexity index is 153. The second-order valence-electron chi connectivity index (χ2n) is 3.92. The van der Waals surface area contributed by atoms with Crippen molar-refractivity contribution in [3.63, 3.8) is 0 Å². The van der Waals surface area contributed by atoms with Gasteiger partial charge in [-0.1, -0.05) is 0 Å². The lowest BCUT2D eigenvalue weighted by Gasteiger charge is -2.26. The standard InChI is InChI=1S/C8H14N2/c1-2-7(1)10-5-6-3-8(10)4-9-6/h6-9H,1-5H2/t6-,8+/m0/s1. The molecule has 3 fully saturated rings. The van der Waals surface area contributed by atoms with Crippen molar-refractivity contribution in [3.8, 4) is 0 Å². The molecule has 2 heterocycles. The first kappa shape index (κ1) is 5.56. The molecule has 0 amide bonds. The molecule has 0 aromatic heterocycles. The van der Waals surface area contributed by atoms with Crippen molar-refractivity contribution in [2.24, 2.45) is 0 Å². The van der Waals surface area contributed by atoms with Gasteiger partial charge in [0, 0.05) is 31.2 Å². The van der Waals surface area contributed by atoms with Crippen LogP contribution in [0.5, 0.6) is 0 Å². The predicted molar refractivity (Wildman–Crippen MR) is 39.9 cm³/mol. The molecule has 1 saturated carbocycles. The van der Waals surface area contributed by atoms with Crippen LogP contribution in [-0.4, -0.2) is 36.1 Å². The molecule has 1 N–H and O–H groups in total. The van der Waals surface area contributed by atoms with Gasteiger partial charge in [0.25, 0.3) is 0 Å². The summed E-state index contributed by atoms with van der Waals surface area (Å²) >= 11 is 0. The molecule has 3 rings (SSSR count). The topological polar surface area (TPSA) is 15.3 Å². The quantitative estimate of drug-likeness (QED) is 0.556. The minimum absolute atomic E-state index is 0.852. The SMILES string of the molecule is C1CC1N1C[C@@H]2C[C@@H]1CN2. The molecule has 2 nitrogen and oxygen atoms in total. The van der Waals surface area contributed by atoms with Gasteiger partial charge in [-0.2, -0.15) is 0 Å². The number of hydrogen-bond donors (Lipinski definition) is 1. The van der Waals surface area contributed by atoms with E-state index in [1.165, 1.54) is 32.4 Å². The fraction of sp³-hybridized carbons (Fsp3) is 1.00. The lowest BCUT2D eigenvalue weighted by atomic mass is 10.2. The van der Waals surface area contributed by atoms with Crippen LogP contribution in [0.3, 0.4) is 0 Å². The van der Waals surface area contributed by atoms with Gasteiger partial charge < -0.3 is 5.32 Å². The Balaban J connectivity index is 1.77. The number of rotatable bonds is 1. The molecule has 2 bridgehead atoms. The van der Waals surface area contributed by atoms with Crippen LogP contribution in [0.25, 0.3) is 0 Å². The Morgan fingerprint density at radius 2 is 2.10 bits per heavy atom. The van der Waals surface area contributed by atoms with E-state index in [9.17, 15) is 0 Å². The van der Waals surface area contributed by atoms with Crippen LogP contribution in [0.15, 0.2) is 0 Å². The molecule has 2 atom stereocenters. The van der Waals surface area contributed by atoms with Crippen molar-refractivity contribution in [1.29, 1.82) is 0 Å². The van der Waals surface area contributed by atoms with Crippen molar-refractivity contribution in [2.75, 3.05) is 13.1 Å². The Morgan fingerprint density at radius 1 is 1.20 bits per heavy atom. The summed E-state index contributed by atoms with van der Waals surface area (Å²) < 4.78 is 0. The van der Waals surface area contributed by atoms with Crippen molar-refractivity contribution in [2.45, 2.75) is 37.4 Å². The lowest BCUT2D eigenvalue weighted by Crippen LogP contribution is -2.44. The average molecular weight is 138 g/mol. The van der Waals surface area contributed by atoms with Crippen LogP contribution >= 0.6 is 0 Å². The summed E-state index contributed by atoms with van der Waals surface area (Å²) in [5, 5.41) is 3.53. The van der Waals surface area contributed by atoms with Crippen LogP contribution in [0.4, 0.5) is 0 Å². The lowest BCUT2D eigenvalue weighted by molar-refractivity contribution is 0.216. The molecule has 0 aromatic carbocycles. The molecule has 2 saturated heterocycles. The Hall–Kier alpha value is -0.0800. The number of likely N-dealkylation sites (tertiary alicyclic amines) is 1. The Labute approximate surface area is 61.6 Å². The minimum atomic E-state index is 0.852. The van der Waals surface area contributed by atoms with E-state index in [0.717, 1.165) is 18.1 Å². The number of nitrogens with one attached hydrogen (secondary N) is 1. The largest absolute Gasteiger partial charge is 0.311 e. The normalized spacial score (nSPS) is 46.8. The summed E-state index contributed by atoms with van der Waals surface area (Å²) in [5.41, 5.74) is 0. The van der Waals surface area contributed by atoms with Gasteiger partial charge in [-0.3, -0.25) is 4.90 Å². The third-order valence-corrected chi connectivity index (χ3v) is 3.11. The van der Waals surface area contributed by atoms with Crippen LogP contribution in [-0.2, 0) is 0 Å². The van der Waals surface area contributed by atoms with Gasteiger partial charge in [-0.05, 0) is 19.3 Å². The monoisotopic (exact) mass is 138 g/mol. The van der Waals surface area contributed by atoms with E-state index in [1.54, 1.807) is 0 Å². The van der Waals surface area contributed by atoms with Gasteiger partial charge in [0.1, 0.15) is 0 Å². The summed E-state index contributed by atoms with van der Waals surface area (Å²) in [4.78, 5) is 2.72. The first-order valence-corrected chi connectivity index (χ1v) is 4.42. The Morgan fingerprint density at radius 3 is 2.60 bits per heavy atom. The zero-order valence-electron chi connectivity index (χ0n) is 6.21. The molecule has 56 valence electrons. The second-order valence-corrected chi connectivity index (χ2v) is 3.92. The molecule has 2 heteroatoms. The van der Waals surface area contributed by atoms with Crippen LogP contribution in [0.2, 0.25) is 0 Å². The number of nitrogens with zero attached hydrogens (tertiary/aromatic N) is 1. The second kappa shape index (κ2) is 1.74. The molecule has 1 aliphatic carbocycles. The fourth-order valence-corrected chi connectivity index (χ4v) is 2.45. The van der Waals surface area contributed by atoms with E-state index in [2.05, 4.69) is 10.2 Å². The van der Waals surface area contributed by atoms with Crippen LogP contribution in [0.1, 0.15) is 19.3 Å². The Kier molecular flexibility index (Phi) is 0.968. The molecule has 2 aliphatic heterocycles. The third-order valence-electron chi connectivity index (χ3n) is 3.11. The molecule has 0 spiro atoms. The maximum atomic E-state index is 3.53. The molecule has 0 unspecified atom stereocenters. The van der Waals surface area contributed by atoms with E-state index >= 15 is 0 Å². The van der Waals surface area contributed by atoms with Crippen molar-refractivity contribution >= 4 is 0 Å². The molecular weight excluding hydrogens is 124 g/mol. The smallest absolute Gasteiger partial charge is 0.0239 e. The number of fused-ring (bicyclic) bond motifs is 2. The molecular formula is C8H14N2.